The van der Waals surface area contributed by atoms with Crippen molar-refractivity contribution in [2.24, 2.45) is 23.2 Å². The normalized spacial score (nSPS) is 34.5. The first-order valence-electron chi connectivity index (χ1n) is 9.61. The van der Waals surface area contributed by atoms with Crippen LogP contribution in [0.1, 0.15) is 50.3 Å². The van der Waals surface area contributed by atoms with E-state index in [1.165, 1.54) is 30.4 Å². The lowest BCUT2D eigenvalue weighted by Crippen LogP contribution is -2.53. The van der Waals surface area contributed by atoms with Gasteiger partial charge in [0.1, 0.15) is 5.75 Å². The molecular weight excluding hydrogens is 298 g/mol. The molecule has 1 aromatic carbocycles. The van der Waals surface area contributed by atoms with Gasteiger partial charge in [-0.25, -0.2) is 0 Å². The van der Waals surface area contributed by atoms with Crippen molar-refractivity contribution < 1.29 is 9.47 Å². The highest BCUT2D eigenvalue weighted by Gasteiger charge is 2.54. The van der Waals surface area contributed by atoms with Gasteiger partial charge < -0.3 is 14.8 Å². The Balaban J connectivity index is 1.38. The number of fused-ring (bicyclic) bond motifs is 2. The molecule has 1 heterocycles. The molecule has 3 nitrogen and oxygen atoms in total. The second-order valence-corrected chi connectivity index (χ2v) is 8.59. The van der Waals surface area contributed by atoms with Gasteiger partial charge in [0.05, 0.1) is 19.3 Å². The molecule has 24 heavy (non-hydrogen) atoms. The zero-order valence-electron chi connectivity index (χ0n) is 15.3. The Labute approximate surface area is 146 Å². The first-order valence-corrected chi connectivity index (χ1v) is 9.61. The Kier molecular flexibility index (Phi) is 4.34. The molecular formula is C21H31NO2. The van der Waals surface area contributed by atoms with Crippen LogP contribution in [-0.4, -0.2) is 26.3 Å². The molecule has 3 aliphatic carbocycles. The highest BCUT2D eigenvalue weighted by atomic mass is 16.5. The van der Waals surface area contributed by atoms with Gasteiger partial charge in [0, 0.05) is 13.1 Å². The van der Waals surface area contributed by atoms with E-state index < -0.39 is 0 Å². The summed E-state index contributed by atoms with van der Waals surface area (Å²) in [6.07, 6.45) is 4.34. The molecule has 4 atom stereocenters. The Morgan fingerprint density at radius 2 is 2.17 bits per heavy atom. The summed E-state index contributed by atoms with van der Waals surface area (Å²) in [6, 6.07) is 6.50. The summed E-state index contributed by atoms with van der Waals surface area (Å²) >= 11 is 0. The Bertz CT molecular complexity index is 590. The highest BCUT2D eigenvalue weighted by molar-refractivity contribution is 5.36. The van der Waals surface area contributed by atoms with Gasteiger partial charge in [0.15, 0.2) is 0 Å². The van der Waals surface area contributed by atoms with Crippen LogP contribution in [0.2, 0.25) is 0 Å². The molecule has 1 saturated heterocycles. The van der Waals surface area contributed by atoms with E-state index in [4.69, 9.17) is 9.47 Å². The number of morpholine rings is 1. The van der Waals surface area contributed by atoms with Crippen molar-refractivity contribution in [3.05, 3.63) is 29.3 Å². The quantitative estimate of drug-likeness (QED) is 0.902. The standard InChI is InChI=1S/C21H31NO2/c1-14-10-17(6-7-18(14)20-12-22-8-9-23-20)24-13-15-4-5-16-11-19(15)21(16,2)3/h6-7,10,15-16,19-20,22H,4-5,8-9,11-13H2,1-3H3. The maximum atomic E-state index is 6.20. The van der Waals surface area contributed by atoms with Gasteiger partial charge in [0.2, 0.25) is 0 Å². The van der Waals surface area contributed by atoms with Crippen LogP contribution in [0.3, 0.4) is 0 Å². The van der Waals surface area contributed by atoms with Gasteiger partial charge in [-0.1, -0.05) is 19.9 Å². The smallest absolute Gasteiger partial charge is 0.119 e. The van der Waals surface area contributed by atoms with Gasteiger partial charge in [-0.05, 0) is 72.6 Å². The average Bonchev–Trinajstić information content (AvgIpc) is 2.61. The van der Waals surface area contributed by atoms with Crippen molar-refractivity contribution in [2.75, 3.05) is 26.3 Å². The van der Waals surface area contributed by atoms with Crippen molar-refractivity contribution in [3.63, 3.8) is 0 Å². The Morgan fingerprint density at radius 1 is 1.29 bits per heavy atom. The number of aryl methyl sites for hydroxylation is 1. The van der Waals surface area contributed by atoms with Crippen molar-refractivity contribution >= 4 is 0 Å². The lowest BCUT2D eigenvalue weighted by Gasteiger charge is -2.60. The summed E-state index contributed by atoms with van der Waals surface area (Å²) in [4.78, 5) is 0. The van der Waals surface area contributed by atoms with Crippen molar-refractivity contribution in [1.82, 2.24) is 5.32 Å². The molecule has 4 unspecified atom stereocenters. The molecule has 4 aliphatic rings. The minimum absolute atomic E-state index is 0.179. The summed E-state index contributed by atoms with van der Waals surface area (Å²) < 4.78 is 12.1. The van der Waals surface area contributed by atoms with Gasteiger partial charge in [-0.3, -0.25) is 0 Å². The largest absolute Gasteiger partial charge is 0.493 e. The minimum Gasteiger partial charge on any atom is -0.493 e. The lowest BCUT2D eigenvalue weighted by molar-refractivity contribution is -0.114. The zero-order chi connectivity index (χ0) is 16.7. The van der Waals surface area contributed by atoms with Crippen LogP contribution >= 0.6 is 0 Å². The predicted molar refractivity (Wildman–Crippen MR) is 96.3 cm³/mol. The molecule has 0 amide bonds. The second kappa shape index (κ2) is 6.34. The summed E-state index contributed by atoms with van der Waals surface area (Å²) in [5.74, 6) is 3.57. The molecule has 1 aliphatic heterocycles. The van der Waals surface area contributed by atoms with E-state index in [2.05, 4.69) is 44.3 Å². The second-order valence-electron chi connectivity index (χ2n) is 8.59. The molecule has 1 aromatic rings. The SMILES string of the molecule is Cc1cc(OCC2CCC3CC2C3(C)C)ccc1C1CNCCO1. The molecule has 2 bridgehead atoms. The zero-order valence-corrected chi connectivity index (χ0v) is 15.3. The molecule has 0 aromatic heterocycles. The van der Waals surface area contributed by atoms with E-state index in [0.29, 0.717) is 5.41 Å². The maximum Gasteiger partial charge on any atom is 0.119 e. The van der Waals surface area contributed by atoms with E-state index in [1.807, 2.05) is 0 Å². The van der Waals surface area contributed by atoms with Crippen molar-refractivity contribution in [1.29, 1.82) is 0 Å². The molecule has 5 rings (SSSR count). The third-order valence-electron chi connectivity index (χ3n) is 6.98. The van der Waals surface area contributed by atoms with Gasteiger partial charge in [-0.2, -0.15) is 0 Å². The summed E-state index contributed by atoms with van der Waals surface area (Å²) in [5.41, 5.74) is 3.10. The third kappa shape index (κ3) is 2.86. The monoisotopic (exact) mass is 329 g/mol. The molecule has 0 radical (unpaired) electrons. The van der Waals surface area contributed by atoms with E-state index in [0.717, 1.165) is 49.8 Å². The number of benzene rings is 1. The van der Waals surface area contributed by atoms with Crippen LogP contribution in [0.5, 0.6) is 5.75 Å². The summed E-state index contributed by atoms with van der Waals surface area (Å²) in [7, 11) is 0. The molecule has 3 saturated carbocycles. The molecule has 4 fully saturated rings. The number of hydrogen-bond acceptors (Lipinski definition) is 3. The number of nitrogens with one attached hydrogen (secondary N) is 1. The van der Waals surface area contributed by atoms with Crippen LogP contribution in [0.4, 0.5) is 0 Å². The van der Waals surface area contributed by atoms with Gasteiger partial charge in [0.25, 0.3) is 0 Å². The molecule has 1 N–H and O–H groups in total. The van der Waals surface area contributed by atoms with Gasteiger partial charge in [-0.15, -0.1) is 0 Å². The summed E-state index contributed by atoms with van der Waals surface area (Å²) in [5, 5.41) is 3.40. The predicted octanol–water partition coefficient (Wildman–Crippen LogP) is 4.11. The number of hydrogen-bond donors (Lipinski definition) is 1. The van der Waals surface area contributed by atoms with Crippen LogP contribution in [0, 0.1) is 30.1 Å². The van der Waals surface area contributed by atoms with Crippen LogP contribution in [0.25, 0.3) is 0 Å². The van der Waals surface area contributed by atoms with Crippen molar-refractivity contribution in [3.8, 4) is 5.75 Å². The number of rotatable bonds is 4. The molecule has 0 spiro atoms. The Hall–Kier alpha value is -1.06. The van der Waals surface area contributed by atoms with Crippen molar-refractivity contribution in [2.45, 2.75) is 46.1 Å². The fourth-order valence-electron chi connectivity index (χ4n) is 5.23. The maximum absolute atomic E-state index is 6.20. The number of ether oxygens (including phenoxy) is 2. The van der Waals surface area contributed by atoms with Crippen LogP contribution < -0.4 is 10.1 Å². The Morgan fingerprint density at radius 3 is 2.83 bits per heavy atom. The minimum atomic E-state index is 0.179. The average molecular weight is 329 g/mol. The third-order valence-corrected chi connectivity index (χ3v) is 6.98. The molecule has 3 heteroatoms. The fraction of sp³-hybridized carbons (Fsp3) is 0.714. The fourth-order valence-corrected chi connectivity index (χ4v) is 5.23. The first kappa shape index (κ1) is 16.4. The first-order chi connectivity index (χ1) is 11.6. The summed E-state index contributed by atoms with van der Waals surface area (Å²) in [6.45, 7) is 10.6. The van der Waals surface area contributed by atoms with E-state index in [1.54, 1.807) is 0 Å². The topological polar surface area (TPSA) is 30.5 Å². The van der Waals surface area contributed by atoms with E-state index in [9.17, 15) is 0 Å². The van der Waals surface area contributed by atoms with Gasteiger partial charge >= 0.3 is 0 Å². The van der Waals surface area contributed by atoms with Crippen LogP contribution in [-0.2, 0) is 4.74 Å². The lowest BCUT2D eigenvalue weighted by atomic mass is 9.46. The van der Waals surface area contributed by atoms with Crippen LogP contribution in [0.15, 0.2) is 18.2 Å². The highest BCUT2D eigenvalue weighted by Crippen LogP contribution is 2.61. The van der Waals surface area contributed by atoms with E-state index >= 15 is 0 Å². The molecule has 132 valence electrons. The van der Waals surface area contributed by atoms with E-state index in [-0.39, 0.29) is 6.10 Å².